The molecule has 0 aliphatic rings. The molecule has 0 fully saturated rings. The van der Waals surface area contributed by atoms with Crippen LogP contribution in [0.1, 0.15) is 11.4 Å². The van der Waals surface area contributed by atoms with Crippen molar-refractivity contribution in [1.82, 2.24) is 25.2 Å². The van der Waals surface area contributed by atoms with Gasteiger partial charge in [0.25, 0.3) is 0 Å². The van der Waals surface area contributed by atoms with Crippen LogP contribution in [0.2, 0.25) is 0 Å². The highest BCUT2D eigenvalue weighted by molar-refractivity contribution is 14.0. The van der Waals surface area contributed by atoms with Gasteiger partial charge in [-0.2, -0.15) is 0 Å². The van der Waals surface area contributed by atoms with E-state index in [9.17, 15) is 4.39 Å². The lowest BCUT2D eigenvalue weighted by Crippen LogP contribution is -2.36. The number of nitrogens with zero attached hydrogens (tertiary/aromatic N) is 4. The van der Waals surface area contributed by atoms with Crippen LogP contribution >= 0.6 is 24.0 Å². The first-order valence-corrected chi connectivity index (χ1v) is 9.48. The lowest BCUT2D eigenvalue weighted by Gasteiger charge is -2.14. The fraction of sp³-hybridized carbons (Fsp3) is 0.136. The molecule has 2 aromatic heterocycles. The fourth-order valence-electron chi connectivity index (χ4n) is 2.97. The number of ether oxygens (including phenoxy) is 1. The SMILES string of the molecule is CN=C(NCc1ccccc1Oc1ccccc1F)NCc1nnc2ccccn12.I. The zero-order valence-corrected chi connectivity index (χ0v) is 19.2. The zero-order valence-electron chi connectivity index (χ0n) is 16.8. The average Bonchev–Trinajstić information content (AvgIpc) is 3.19. The highest BCUT2D eigenvalue weighted by atomic mass is 127. The minimum Gasteiger partial charge on any atom is -0.454 e. The van der Waals surface area contributed by atoms with Crippen LogP contribution in [0.15, 0.2) is 77.9 Å². The van der Waals surface area contributed by atoms with E-state index < -0.39 is 5.82 Å². The molecular formula is C22H22FIN6O. The van der Waals surface area contributed by atoms with Crippen molar-refractivity contribution in [2.24, 2.45) is 4.99 Å². The van der Waals surface area contributed by atoms with Gasteiger partial charge < -0.3 is 15.4 Å². The Morgan fingerprint density at radius 2 is 1.65 bits per heavy atom. The van der Waals surface area contributed by atoms with Crippen LogP contribution in [-0.2, 0) is 13.1 Å². The van der Waals surface area contributed by atoms with Crippen LogP contribution in [0.4, 0.5) is 4.39 Å². The molecule has 160 valence electrons. The van der Waals surface area contributed by atoms with Gasteiger partial charge in [0.1, 0.15) is 5.75 Å². The Morgan fingerprint density at radius 1 is 0.935 bits per heavy atom. The normalized spacial score (nSPS) is 11.1. The van der Waals surface area contributed by atoms with E-state index in [1.165, 1.54) is 6.07 Å². The predicted molar refractivity (Wildman–Crippen MR) is 128 cm³/mol. The number of aromatic nitrogens is 3. The molecule has 0 saturated carbocycles. The van der Waals surface area contributed by atoms with Crippen molar-refractivity contribution in [3.05, 3.63) is 90.1 Å². The van der Waals surface area contributed by atoms with Crippen molar-refractivity contribution < 1.29 is 9.13 Å². The third kappa shape index (κ3) is 5.48. The second-order valence-electron chi connectivity index (χ2n) is 6.46. The molecule has 0 atom stereocenters. The Kier molecular flexibility index (Phi) is 7.76. The monoisotopic (exact) mass is 532 g/mol. The fourth-order valence-corrected chi connectivity index (χ4v) is 2.97. The standard InChI is InChI=1S/C22H21FN6O.HI/c1-24-22(26-15-21-28-27-20-12-6-7-13-29(20)21)25-14-16-8-2-4-10-18(16)30-19-11-5-3-9-17(19)23;/h2-13H,14-15H2,1H3,(H2,24,25,26);1H. The van der Waals surface area contributed by atoms with Gasteiger partial charge in [-0.05, 0) is 30.3 Å². The number of rotatable bonds is 6. The summed E-state index contributed by atoms with van der Waals surface area (Å²) in [6, 6.07) is 19.6. The van der Waals surface area contributed by atoms with Gasteiger partial charge in [-0.3, -0.25) is 9.39 Å². The first-order valence-electron chi connectivity index (χ1n) is 9.48. The molecule has 0 saturated heterocycles. The summed E-state index contributed by atoms with van der Waals surface area (Å²) in [7, 11) is 1.69. The zero-order chi connectivity index (χ0) is 20.8. The third-order valence-corrected chi connectivity index (χ3v) is 4.50. The molecule has 0 unspecified atom stereocenters. The molecule has 0 amide bonds. The highest BCUT2D eigenvalue weighted by Crippen LogP contribution is 2.27. The summed E-state index contributed by atoms with van der Waals surface area (Å²) in [6.07, 6.45) is 1.92. The molecule has 2 aromatic carbocycles. The van der Waals surface area contributed by atoms with Gasteiger partial charge in [0.2, 0.25) is 0 Å². The van der Waals surface area contributed by atoms with E-state index in [4.69, 9.17) is 4.74 Å². The Balaban J connectivity index is 0.00000272. The van der Waals surface area contributed by atoms with E-state index in [1.54, 1.807) is 25.2 Å². The molecule has 31 heavy (non-hydrogen) atoms. The van der Waals surface area contributed by atoms with Crippen LogP contribution in [-0.4, -0.2) is 27.6 Å². The summed E-state index contributed by atoms with van der Waals surface area (Å²) in [4.78, 5) is 4.25. The Hall–Kier alpha value is -3.21. The topological polar surface area (TPSA) is 75.8 Å². The first-order chi connectivity index (χ1) is 14.7. The lowest BCUT2D eigenvalue weighted by molar-refractivity contribution is 0.437. The van der Waals surface area contributed by atoms with Crippen LogP contribution in [0.3, 0.4) is 0 Å². The number of hydrogen-bond donors (Lipinski definition) is 2. The van der Waals surface area contributed by atoms with Gasteiger partial charge in [-0.1, -0.05) is 36.4 Å². The summed E-state index contributed by atoms with van der Waals surface area (Å²) in [5.74, 6) is 1.73. The number of halogens is 2. The van der Waals surface area contributed by atoms with Gasteiger partial charge in [-0.15, -0.1) is 34.2 Å². The second-order valence-corrected chi connectivity index (χ2v) is 6.46. The van der Waals surface area contributed by atoms with Gasteiger partial charge >= 0.3 is 0 Å². The third-order valence-electron chi connectivity index (χ3n) is 4.50. The number of nitrogens with one attached hydrogen (secondary N) is 2. The minimum absolute atomic E-state index is 0. The van der Waals surface area contributed by atoms with E-state index in [1.807, 2.05) is 53.1 Å². The van der Waals surface area contributed by atoms with Crippen LogP contribution in [0, 0.1) is 5.82 Å². The number of benzene rings is 2. The van der Waals surface area contributed by atoms with E-state index in [0.29, 0.717) is 24.8 Å². The van der Waals surface area contributed by atoms with Crippen LogP contribution in [0.25, 0.3) is 5.65 Å². The maximum atomic E-state index is 13.9. The number of fused-ring (bicyclic) bond motifs is 1. The van der Waals surface area contributed by atoms with Crippen LogP contribution in [0.5, 0.6) is 11.5 Å². The number of hydrogen-bond acceptors (Lipinski definition) is 4. The molecule has 0 aliphatic heterocycles. The largest absolute Gasteiger partial charge is 0.454 e. The van der Waals surface area contributed by atoms with Crippen molar-refractivity contribution in [3.63, 3.8) is 0 Å². The molecule has 9 heteroatoms. The van der Waals surface area contributed by atoms with Gasteiger partial charge in [0.05, 0.1) is 6.54 Å². The molecule has 7 nitrogen and oxygen atoms in total. The lowest BCUT2D eigenvalue weighted by atomic mass is 10.2. The van der Waals surface area contributed by atoms with Crippen molar-refractivity contribution in [1.29, 1.82) is 0 Å². The van der Waals surface area contributed by atoms with E-state index >= 15 is 0 Å². The smallest absolute Gasteiger partial charge is 0.191 e. The second kappa shape index (κ2) is 10.7. The minimum atomic E-state index is -0.404. The van der Waals surface area contributed by atoms with Crippen molar-refractivity contribution in [3.8, 4) is 11.5 Å². The summed E-state index contributed by atoms with van der Waals surface area (Å²) in [5.41, 5.74) is 1.66. The summed E-state index contributed by atoms with van der Waals surface area (Å²) < 4.78 is 21.6. The van der Waals surface area contributed by atoms with Crippen molar-refractivity contribution in [2.75, 3.05) is 7.05 Å². The van der Waals surface area contributed by atoms with E-state index in [0.717, 1.165) is 17.0 Å². The number of para-hydroxylation sites is 2. The predicted octanol–water partition coefficient (Wildman–Crippen LogP) is 4.14. The quantitative estimate of drug-likeness (QED) is 0.222. The van der Waals surface area contributed by atoms with E-state index in [-0.39, 0.29) is 29.7 Å². The molecule has 4 rings (SSSR count). The summed E-state index contributed by atoms with van der Waals surface area (Å²) in [6.45, 7) is 0.906. The Morgan fingerprint density at radius 3 is 2.45 bits per heavy atom. The maximum absolute atomic E-state index is 13.9. The number of pyridine rings is 1. The highest BCUT2D eigenvalue weighted by Gasteiger charge is 2.09. The Labute approximate surface area is 196 Å². The van der Waals surface area contributed by atoms with Gasteiger partial charge in [0, 0.05) is 25.4 Å². The van der Waals surface area contributed by atoms with Crippen molar-refractivity contribution >= 4 is 35.6 Å². The molecule has 0 spiro atoms. The average molecular weight is 532 g/mol. The Bertz CT molecular complexity index is 1180. The van der Waals surface area contributed by atoms with E-state index in [2.05, 4.69) is 25.8 Å². The number of guanidine groups is 1. The molecule has 2 N–H and O–H groups in total. The van der Waals surface area contributed by atoms with Crippen LogP contribution < -0.4 is 15.4 Å². The first kappa shape index (κ1) is 22.5. The molecule has 2 heterocycles. The van der Waals surface area contributed by atoms with Gasteiger partial charge in [-0.25, -0.2) is 4.39 Å². The molecule has 0 radical (unpaired) electrons. The molecular weight excluding hydrogens is 510 g/mol. The summed E-state index contributed by atoms with van der Waals surface area (Å²) >= 11 is 0. The number of aliphatic imine (C=N–C) groups is 1. The molecule has 4 aromatic rings. The molecule has 0 aliphatic carbocycles. The molecule has 0 bridgehead atoms. The van der Waals surface area contributed by atoms with Crippen molar-refractivity contribution in [2.45, 2.75) is 13.1 Å². The van der Waals surface area contributed by atoms with Gasteiger partial charge in [0.15, 0.2) is 29.0 Å². The summed E-state index contributed by atoms with van der Waals surface area (Å²) in [5, 5.41) is 14.8. The maximum Gasteiger partial charge on any atom is 0.191 e.